The van der Waals surface area contributed by atoms with Crippen LogP contribution in [0.1, 0.15) is 25.8 Å². The Bertz CT molecular complexity index is 457. The molecule has 0 saturated heterocycles. The van der Waals surface area contributed by atoms with Crippen LogP contribution in [0.4, 0.5) is 0 Å². The number of benzene rings is 1. The highest BCUT2D eigenvalue weighted by molar-refractivity contribution is 5.83. The molecule has 0 radical (unpaired) electrons. The molecule has 0 aliphatic carbocycles. The summed E-state index contributed by atoms with van der Waals surface area (Å²) in [5, 5.41) is 21.0. The lowest BCUT2D eigenvalue weighted by atomic mass is 10.0. The molecule has 0 bridgehead atoms. The summed E-state index contributed by atoms with van der Waals surface area (Å²) in [6.45, 7) is 3.48. The van der Waals surface area contributed by atoms with E-state index in [-0.39, 0.29) is 24.0 Å². The van der Waals surface area contributed by atoms with Crippen molar-refractivity contribution in [3.8, 4) is 5.75 Å². The zero-order chi connectivity index (χ0) is 14.4. The minimum atomic E-state index is -1.04. The van der Waals surface area contributed by atoms with E-state index in [1.807, 2.05) is 0 Å². The molecule has 1 atom stereocenters. The second kappa shape index (κ2) is 6.78. The SMILES string of the molecule is CC(C)[C@@H](NC(=O)CCc1ccccc1O)C(=O)O. The van der Waals surface area contributed by atoms with Gasteiger partial charge in [0.15, 0.2) is 0 Å². The lowest BCUT2D eigenvalue weighted by Crippen LogP contribution is -2.44. The van der Waals surface area contributed by atoms with Crippen molar-refractivity contribution < 1.29 is 19.8 Å². The minimum absolute atomic E-state index is 0.147. The fourth-order valence-corrected chi connectivity index (χ4v) is 1.73. The Labute approximate surface area is 112 Å². The van der Waals surface area contributed by atoms with E-state index in [2.05, 4.69) is 5.32 Å². The molecule has 0 aliphatic rings. The summed E-state index contributed by atoms with van der Waals surface area (Å²) in [6.07, 6.45) is 0.525. The quantitative estimate of drug-likeness (QED) is 0.728. The van der Waals surface area contributed by atoms with Crippen molar-refractivity contribution in [2.24, 2.45) is 5.92 Å². The molecule has 1 aromatic carbocycles. The van der Waals surface area contributed by atoms with E-state index in [1.54, 1.807) is 38.1 Å². The van der Waals surface area contributed by atoms with Gasteiger partial charge in [-0.1, -0.05) is 32.0 Å². The predicted molar refractivity (Wildman–Crippen MR) is 70.8 cm³/mol. The van der Waals surface area contributed by atoms with E-state index in [4.69, 9.17) is 5.11 Å². The van der Waals surface area contributed by atoms with Crippen molar-refractivity contribution in [2.45, 2.75) is 32.7 Å². The summed E-state index contributed by atoms with van der Waals surface area (Å²) in [7, 11) is 0. The summed E-state index contributed by atoms with van der Waals surface area (Å²) < 4.78 is 0. The number of hydrogen-bond acceptors (Lipinski definition) is 3. The molecule has 0 spiro atoms. The summed E-state index contributed by atoms with van der Waals surface area (Å²) in [5.74, 6) is -1.39. The molecule has 0 heterocycles. The highest BCUT2D eigenvalue weighted by Crippen LogP contribution is 2.17. The van der Waals surface area contributed by atoms with E-state index in [0.717, 1.165) is 0 Å². The largest absolute Gasteiger partial charge is 0.508 e. The first-order valence-corrected chi connectivity index (χ1v) is 6.21. The van der Waals surface area contributed by atoms with Crippen molar-refractivity contribution >= 4 is 11.9 Å². The van der Waals surface area contributed by atoms with Crippen LogP contribution in [0.15, 0.2) is 24.3 Å². The van der Waals surface area contributed by atoms with Gasteiger partial charge in [0.25, 0.3) is 0 Å². The number of nitrogens with one attached hydrogen (secondary N) is 1. The van der Waals surface area contributed by atoms with Gasteiger partial charge >= 0.3 is 5.97 Å². The van der Waals surface area contributed by atoms with Crippen molar-refractivity contribution in [3.05, 3.63) is 29.8 Å². The Kier molecular flexibility index (Phi) is 5.36. The molecule has 19 heavy (non-hydrogen) atoms. The van der Waals surface area contributed by atoms with Gasteiger partial charge in [0.05, 0.1) is 0 Å². The first kappa shape index (κ1) is 15.0. The number of para-hydroxylation sites is 1. The van der Waals surface area contributed by atoms with Crippen molar-refractivity contribution in [1.29, 1.82) is 0 Å². The zero-order valence-corrected chi connectivity index (χ0v) is 11.1. The Morgan fingerprint density at radius 1 is 1.26 bits per heavy atom. The molecule has 0 aliphatic heterocycles. The number of aromatic hydroxyl groups is 1. The summed E-state index contributed by atoms with van der Waals surface area (Å²) >= 11 is 0. The first-order valence-electron chi connectivity index (χ1n) is 6.21. The first-order chi connectivity index (χ1) is 8.91. The van der Waals surface area contributed by atoms with Gasteiger partial charge in [-0.3, -0.25) is 4.79 Å². The molecular weight excluding hydrogens is 246 g/mol. The number of phenols is 1. The Hall–Kier alpha value is -2.04. The van der Waals surface area contributed by atoms with Gasteiger partial charge in [-0.05, 0) is 24.0 Å². The van der Waals surface area contributed by atoms with Crippen LogP contribution >= 0.6 is 0 Å². The number of carbonyl (C=O) groups excluding carboxylic acids is 1. The van der Waals surface area contributed by atoms with Crippen molar-refractivity contribution in [3.63, 3.8) is 0 Å². The van der Waals surface area contributed by atoms with Gasteiger partial charge < -0.3 is 15.5 Å². The Morgan fingerprint density at radius 3 is 2.42 bits per heavy atom. The third-order valence-electron chi connectivity index (χ3n) is 2.86. The molecule has 0 aromatic heterocycles. The van der Waals surface area contributed by atoms with Crippen LogP contribution in [-0.2, 0) is 16.0 Å². The molecule has 0 saturated carbocycles. The standard InChI is InChI=1S/C14H19NO4/c1-9(2)13(14(18)19)15-12(17)8-7-10-5-3-4-6-11(10)16/h3-6,9,13,16H,7-8H2,1-2H3,(H,15,17)(H,18,19)/t13-/m1/s1. The van der Waals surface area contributed by atoms with Crippen molar-refractivity contribution in [2.75, 3.05) is 0 Å². The third-order valence-corrected chi connectivity index (χ3v) is 2.86. The molecule has 3 N–H and O–H groups in total. The monoisotopic (exact) mass is 265 g/mol. The molecule has 0 fully saturated rings. The van der Waals surface area contributed by atoms with Crippen LogP contribution in [0.3, 0.4) is 0 Å². The summed E-state index contributed by atoms with van der Waals surface area (Å²) in [4.78, 5) is 22.6. The zero-order valence-electron chi connectivity index (χ0n) is 11.1. The van der Waals surface area contributed by atoms with E-state index in [1.165, 1.54) is 0 Å². The third kappa shape index (κ3) is 4.62. The molecule has 5 heteroatoms. The molecule has 0 unspecified atom stereocenters. The van der Waals surface area contributed by atoms with Gasteiger partial charge in [-0.15, -0.1) is 0 Å². The smallest absolute Gasteiger partial charge is 0.326 e. The predicted octanol–water partition coefficient (Wildman–Crippen LogP) is 1.55. The average molecular weight is 265 g/mol. The van der Waals surface area contributed by atoms with E-state index in [9.17, 15) is 14.7 Å². The van der Waals surface area contributed by atoms with Gasteiger partial charge in [0.2, 0.25) is 5.91 Å². The van der Waals surface area contributed by atoms with Crippen LogP contribution in [0, 0.1) is 5.92 Å². The normalized spacial score (nSPS) is 12.2. The fourth-order valence-electron chi connectivity index (χ4n) is 1.73. The topological polar surface area (TPSA) is 86.6 Å². The number of carboxylic acid groups (broad SMARTS) is 1. The number of phenolic OH excluding ortho intramolecular Hbond substituents is 1. The van der Waals surface area contributed by atoms with Crippen molar-refractivity contribution in [1.82, 2.24) is 5.32 Å². The highest BCUT2D eigenvalue weighted by atomic mass is 16.4. The van der Waals surface area contributed by atoms with Crippen LogP contribution in [-0.4, -0.2) is 28.1 Å². The second-order valence-corrected chi connectivity index (χ2v) is 4.76. The Balaban J connectivity index is 2.52. The minimum Gasteiger partial charge on any atom is -0.508 e. The maximum absolute atomic E-state index is 11.7. The van der Waals surface area contributed by atoms with Crippen LogP contribution in [0.25, 0.3) is 0 Å². The number of aliphatic carboxylic acids is 1. The number of hydrogen-bond donors (Lipinski definition) is 3. The molecule has 104 valence electrons. The summed E-state index contributed by atoms with van der Waals surface area (Å²) in [6, 6.07) is 5.90. The average Bonchev–Trinajstić information content (AvgIpc) is 2.34. The second-order valence-electron chi connectivity index (χ2n) is 4.76. The van der Waals surface area contributed by atoms with Crippen LogP contribution in [0.2, 0.25) is 0 Å². The van der Waals surface area contributed by atoms with Gasteiger partial charge in [0, 0.05) is 6.42 Å². The maximum Gasteiger partial charge on any atom is 0.326 e. The number of carboxylic acids is 1. The molecular formula is C14H19NO4. The molecule has 5 nitrogen and oxygen atoms in total. The Morgan fingerprint density at radius 2 is 1.89 bits per heavy atom. The van der Waals surface area contributed by atoms with E-state index >= 15 is 0 Å². The van der Waals surface area contributed by atoms with E-state index in [0.29, 0.717) is 12.0 Å². The number of amides is 1. The lowest BCUT2D eigenvalue weighted by Gasteiger charge is -2.17. The number of carbonyl (C=O) groups is 2. The maximum atomic E-state index is 11.7. The van der Waals surface area contributed by atoms with Crippen LogP contribution < -0.4 is 5.32 Å². The molecule has 1 aromatic rings. The number of aryl methyl sites for hydroxylation is 1. The van der Waals surface area contributed by atoms with Gasteiger partial charge in [-0.25, -0.2) is 4.79 Å². The van der Waals surface area contributed by atoms with Gasteiger partial charge in [0.1, 0.15) is 11.8 Å². The van der Waals surface area contributed by atoms with E-state index < -0.39 is 12.0 Å². The highest BCUT2D eigenvalue weighted by Gasteiger charge is 2.23. The fraction of sp³-hybridized carbons (Fsp3) is 0.429. The van der Waals surface area contributed by atoms with Gasteiger partial charge in [-0.2, -0.15) is 0 Å². The molecule has 1 rings (SSSR count). The summed E-state index contributed by atoms with van der Waals surface area (Å²) in [5.41, 5.74) is 0.675. The number of rotatable bonds is 6. The lowest BCUT2D eigenvalue weighted by molar-refractivity contribution is -0.143. The molecule has 1 amide bonds. The van der Waals surface area contributed by atoms with Crippen LogP contribution in [0.5, 0.6) is 5.75 Å².